The number of ketones is 1. The van der Waals surface area contributed by atoms with Gasteiger partial charge in [0.2, 0.25) is 0 Å². The van der Waals surface area contributed by atoms with E-state index in [0.717, 1.165) is 5.57 Å². The molecule has 0 N–H and O–H groups in total. The molecule has 2 nitrogen and oxygen atoms in total. The van der Waals surface area contributed by atoms with Gasteiger partial charge in [-0.25, -0.2) is 0 Å². The molecule has 0 rings (SSSR count). The van der Waals surface area contributed by atoms with Gasteiger partial charge < -0.3 is 4.74 Å². The van der Waals surface area contributed by atoms with E-state index >= 15 is 0 Å². The molecule has 0 spiro atoms. The van der Waals surface area contributed by atoms with Gasteiger partial charge in [-0.1, -0.05) is 0 Å². The molecule has 0 heterocycles. The number of carbonyl (C=O) groups excluding carboxylic acids is 1. The first kappa shape index (κ1) is 10.4. The standard InChI is InChI=1S/C9H16O2/c1-7(6-8(2)10)9(3,4)11-5/h6H,1-5H3/b7-6+. The van der Waals surface area contributed by atoms with Crippen molar-refractivity contribution in [1.29, 1.82) is 0 Å². The Bertz CT molecular complexity index is 178. The van der Waals surface area contributed by atoms with Gasteiger partial charge in [0.25, 0.3) is 0 Å². The van der Waals surface area contributed by atoms with Crippen molar-refractivity contribution in [2.45, 2.75) is 33.3 Å². The fraction of sp³-hybridized carbons (Fsp3) is 0.667. The minimum absolute atomic E-state index is 0.0626. The summed E-state index contributed by atoms with van der Waals surface area (Å²) in [4.78, 5) is 10.7. The molecule has 0 unspecified atom stereocenters. The van der Waals surface area contributed by atoms with E-state index in [1.54, 1.807) is 13.2 Å². The van der Waals surface area contributed by atoms with Crippen LogP contribution in [0.3, 0.4) is 0 Å². The van der Waals surface area contributed by atoms with Gasteiger partial charge in [-0.3, -0.25) is 4.79 Å². The monoisotopic (exact) mass is 156 g/mol. The molecule has 64 valence electrons. The van der Waals surface area contributed by atoms with Crippen molar-refractivity contribution in [3.05, 3.63) is 11.6 Å². The van der Waals surface area contributed by atoms with Crippen LogP contribution in [-0.4, -0.2) is 18.5 Å². The second-order valence-corrected chi connectivity index (χ2v) is 3.15. The molecule has 0 aromatic rings. The van der Waals surface area contributed by atoms with Crippen molar-refractivity contribution in [3.8, 4) is 0 Å². The normalized spacial score (nSPS) is 13.4. The van der Waals surface area contributed by atoms with E-state index in [1.807, 2.05) is 20.8 Å². The zero-order chi connectivity index (χ0) is 9.07. The van der Waals surface area contributed by atoms with E-state index in [-0.39, 0.29) is 11.4 Å². The highest BCUT2D eigenvalue weighted by molar-refractivity contribution is 5.88. The minimum Gasteiger partial charge on any atom is -0.374 e. The van der Waals surface area contributed by atoms with Gasteiger partial charge in [0, 0.05) is 7.11 Å². The van der Waals surface area contributed by atoms with Crippen LogP contribution in [0.4, 0.5) is 0 Å². The molecular weight excluding hydrogens is 140 g/mol. The van der Waals surface area contributed by atoms with E-state index in [1.165, 1.54) is 6.92 Å². The number of rotatable bonds is 3. The van der Waals surface area contributed by atoms with Crippen molar-refractivity contribution in [3.63, 3.8) is 0 Å². The minimum atomic E-state index is -0.328. The average Bonchev–Trinajstić information content (AvgIpc) is 1.86. The molecule has 0 aromatic heterocycles. The molecule has 0 saturated heterocycles. The molecule has 0 aliphatic heterocycles. The van der Waals surface area contributed by atoms with Crippen LogP contribution < -0.4 is 0 Å². The number of ether oxygens (including phenoxy) is 1. The van der Waals surface area contributed by atoms with E-state index in [9.17, 15) is 4.79 Å². The summed E-state index contributed by atoms with van der Waals surface area (Å²) in [6.07, 6.45) is 1.60. The van der Waals surface area contributed by atoms with Gasteiger partial charge in [0.1, 0.15) is 0 Å². The first-order valence-electron chi connectivity index (χ1n) is 3.64. The van der Waals surface area contributed by atoms with Crippen LogP contribution in [0.15, 0.2) is 11.6 Å². The van der Waals surface area contributed by atoms with Crippen LogP contribution >= 0.6 is 0 Å². The summed E-state index contributed by atoms with van der Waals surface area (Å²) in [6, 6.07) is 0. The molecule has 0 bridgehead atoms. The molecule has 0 saturated carbocycles. The maximum atomic E-state index is 10.7. The Morgan fingerprint density at radius 3 is 2.09 bits per heavy atom. The maximum absolute atomic E-state index is 10.7. The molecule has 11 heavy (non-hydrogen) atoms. The lowest BCUT2D eigenvalue weighted by atomic mass is 9.98. The lowest BCUT2D eigenvalue weighted by molar-refractivity contribution is -0.112. The quantitative estimate of drug-likeness (QED) is 0.584. The number of hydrogen-bond donors (Lipinski definition) is 0. The van der Waals surface area contributed by atoms with Gasteiger partial charge in [-0.2, -0.15) is 0 Å². The fourth-order valence-corrected chi connectivity index (χ4v) is 0.640. The highest BCUT2D eigenvalue weighted by atomic mass is 16.5. The fourth-order valence-electron chi connectivity index (χ4n) is 0.640. The summed E-state index contributed by atoms with van der Waals surface area (Å²) in [7, 11) is 1.64. The average molecular weight is 156 g/mol. The zero-order valence-electron chi connectivity index (χ0n) is 7.89. The van der Waals surface area contributed by atoms with Crippen LogP contribution in [0.1, 0.15) is 27.7 Å². The lowest BCUT2D eigenvalue weighted by Crippen LogP contribution is -2.24. The molecule has 2 heteroatoms. The molecule has 0 amide bonds. The summed E-state index contributed by atoms with van der Waals surface area (Å²) in [5.74, 6) is 0.0626. The Balaban J connectivity index is 4.46. The molecule has 0 radical (unpaired) electrons. The van der Waals surface area contributed by atoms with Crippen molar-refractivity contribution in [1.82, 2.24) is 0 Å². The second-order valence-electron chi connectivity index (χ2n) is 3.15. The molecule has 0 atom stereocenters. The zero-order valence-corrected chi connectivity index (χ0v) is 7.89. The predicted octanol–water partition coefficient (Wildman–Crippen LogP) is 1.95. The predicted molar refractivity (Wildman–Crippen MR) is 45.5 cm³/mol. The molecular formula is C9H16O2. The van der Waals surface area contributed by atoms with Gasteiger partial charge in [-0.05, 0) is 39.3 Å². The second kappa shape index (κ2) is 3.67. The number of carbonyl (C=O) groups is 1. The van der Waals surface area contributed by atoms with Gasteiger partial charge in [-0.15, -0.1) is 0 Å². The molecule has 0 aliphatic rings. The summed E-state index contributed by atoms with van der Waals surface area (Å²) in [6.45, 7) is 7.30. The third-order valence-electron chi connectivity index (χ3n) is 1.88. The number of methoxy groups -OCH3 is 1. The van der Waals surface area contributed by atoms with Crippen LogP contribution in [0.2, 0.25) is 0 Å². The Kier molecular flexibility index (Phi) is 3.46. The Labute approximate surface area is 68.2 Å². The highest BCUT2D eigenvalue weighted by Crippen LogP contribution is 2.18. The lowest BCUT2D eigenvalue weighted by Gasteiger charge is -2.23. The van der Waals surface area contributed by atoms with Crippen LogP contribution in [0, 0.1) is 0 Å². The van der Waals surface area contributed by atoms with Gasteiger partial charge >= 0.3 is 0 Å². The summed E-state index contributed by atoms with van der Waals surface area (Å²) in [5.41, 5.74) is 0.624. The van der Waals surface area contributed by atoms with Crippen LogP contribution in [-0.2, 0) is 9.53 Å². The van der Waals surface area contributed by atoms with E-state index in [0.29, 0.717) is 0 Å². The third-order valence-corrected chi connectivity index (χ3v) is 1.88. The summed E-state index contributed by atoms with van der Waals surface area (Å²) >= 11 is 0. The van der Waals surface area contributed by atoms with Crippen molar-refractivity contribution < 1.29 is 9.53 Å². The van der Waals surface area contributed by atoms with Crippen molar-refractivity contribution in [2.75, 3.05) is 7.11 Å². The van der Waals surface area contributed by atoms with Crippen LogP contribution in [0.25, 0.3) is 0 Å². The van der Waals surface area contributed by atoms with E-state index in [4.69, 9.17) is 4.74 Å². The van der Waals surface area contributed by atoms with Crippen LogP contribution in [0.5, 0.6) is 0 Å². The largest absolute Gasteiger partial charge is 0.374 e. The maximum Gasteiger partial charge on any atom is 0.152 e. The van der Waals surface area contributed by atoms with E-state index < -0.39 is 0 Å². The molecule has 0 aliphatic carbocycles. The SMILES string of the molecule is COC(C)(C)/C(C)=C/C(C)=O. The van der Waals surface area contributed by atoms with Gasteiger partial charge in [0.15, 0.2) is 5.78 Å². The Hall–Kier alpha value is -0.630. The third kappa shape index (κ3) is 3.33. The Morgan fingerprint density at radius 1 is 1.36 bits per heavy atom. The first-order chi connectivity index (χ1) is 4.90. The van der Waals surface area contributed by atoms with Crippen molar-refractivity contribution >= 4 is 5.78 Å². The summed E-state index contributed by atoms with van der Waals surface area (Å²) < 4.78 is 5.18. The highest BCUT2D eigenvalue weighted by Gasteiger charge is 2.18. The topological polar surface area (TPSA) is 26.3 Å². The number of allylic oxidation sites excluding steroid dienone is 1. The van der Waals surface area contributed by atoms with E-state index in [2.05, 4.69) is 0 Å². The summed E-state index contributed by atoms with van der Waals surface area (Å²) in [5, 5.41) is 0. The molecule has 0 aromatic carbocycles. The Morgan fingerprint density at radius 2 is 1.82 bits per heavy atom. The smallest absolute Gasteiger partial charge is 0.152 e. The molecule has 0 fully saturated rings. The van der Waals surface area contributed by atoms with Crippen molar-refractivity contribution in [2.24, 2.45) is 0 Å². The first-order valence-corrected chi connectivity index (χ1v) is 3.64. The van der Waals surface area contributed by atoms with Gasteiger partial charge in [0.05, 0.1) is 5.60 Å². The number of hydrogen-bond acceptors (Lipinski definition) is 2.